The zero-order valence-electron chi connectivity index (χ0n) is 13.1. The van der Waals surface area contributed by atoms with Crippen LogP contribution in [0.3, 0.4) is 0 Å². The first-order valence-corrected chi connectivity index (χ1v) is 8.95. The van der Waals surface area contributed by atoms with E-state index in [9.17, 15) is 0 Å². The molecule has 0 saturated carbocycles. The third-order valence-corrected chi connectivity index (χ3v) is 5.94. The van der Waals surface area contributed by atoms with E-state index in [4.69, 9.17) is 0 Å². The quantitative estimate of drug-likeness (QED) is 0.768. The molecule has 2 aromatic rings. The molecule has 3 heteroatoms. The van der Waals surface area contributed by atoms with Crippen LogP contribution in [0.25, 0.3) is 0 Å². The lowest BCUT2D eigenvalue weighted by Gasteiger charge is -2.18. The SMILES string of the molecule is CCCNC(c1ccc(C)s1)c1ccc(C(C)(C)C)s1. The maximum atomic E-state index is 3.70. The summed E-state index contributed by atoms with van der Waals surface area (Å²) in [6.45, 7) is 12.3. The van der Waals surface area contributed by atoms with Crippen LogP contribution in [-0.4, -0.2) is 6.54 Å². The van der Waals surface area contributed by atoms with E-state index in [1.807, 2.05) is 22.7 Å². The van der Waals surface area contributed by atoms with Gasteiger partial charge in [0.25, 0.3) is 0 Å². The molecular weight excluding hydrogens is 282 g/mol. The maximum absolute atomic E-state index is 3.70. The van der Waals surface area contributed by atoms with E-state index in [0.29, 0.717) is 6.04 Å². The van der Waals surface area contributed by atoms with Crippen LogP contribution in [0.1, 0.15) is 59.7 Å². The highest BCUT2D eigenvalue weighted by molar-refractivity contribution is 7.13. The topological polar surface area (TPSA) is 12.0 Å². The predicted molar refractivity (Wildman–Crippen MR) is 92.2 cm³/mol. The zero-order chi connectivity index (χ0) is 14.8. The Morgan fingerprint density at radius 1 is 1.05 bits per heavy atom. The fraction of sp³-hybridized carbons (Fsp3) is 0.529. The van der Waals surface area contributed by atoms with Gasteiger partial charge in [0.1, 0.15) is 0 Å². The van der Waals surface area contributed by atoms with E-state index in [1.54, 1.807) is 0 Å². The Balaban J connectivity index is 2.29. The molecule has 1 unspecified atom stereocenters. The van der Waals surface area contributed by atoms with Gasteiger partial charge in [0, 0.05) is 19.5 Å². The van der Waals surface area contributed by atoms with Crippen molar-refractivity contribution in [3.63, 3.8) is 0 Å². The van der Waals surface area contributed by atoms with Gasteiger partial charge >= 0.3 is 0 Å². The van der Waals surface area contributed by atoms with Crippen LogP contribution >= 0.6 is 22.7 Å². The summed E-state index contributed by atoms with van der Waals surface area (Å²) < 4.78 is 0. The normalized spacial score (nSPS) is 13.7. The van der Waals surface area contributed by atoms with Crippen LogP contribution in [0.15, 0.2) is 24.3 Å². The number of thiophene rings is 2. The summed E-state index contributed by atoms with van der Waals surface area (Å²) in [6, 6.07) is 9.44. The first kappa shape index (κ1) is 15.7. The molecule has 2 rings (SSSR count). The van der Waals surface area contributed by atoms with Gasteiger partial charge in [-0.1, -0.05) is 27.7 Å². The highest BCUT2D eigenvalue weighted by atomic mass is 32.1. The Bertz CT molecular complexity index is 545. The van der Waals surface area contributed by atoms with Gasteiger partial charge in [-0.2, -0.15) is 0 Å². The van der Waals surface area contributed by atoms with Gasteiger partial charge in [-0.05, 0) is 49.6 Å². The number of hydrogen-bond donors (Lipinski definition) is 1. The number of aryl methyl sites for hydroxylation is 1. The smallest absolute Gasteiger partial charge is 0.0765 e. The van der Waals surface area contributed by atoms with Gasteiger partial charge in [-0.3, -0.25) is 0 Å². The Morgan fingerprint density at radius 3 is 2.20 bits per heavy atom. The lowest BCUT2D eigenvalue weighted by Crippen LogP contribution is -2.21. The zero-order valence-corrected chi connectivity index (χ0v) is 14.8. The van der Waals surface area contributed by atoms with Crippen molar-refractivity contribution in [2.75, 3.05) is 6.54 Å². The first-order valence-electron chi connectivity index (χ1n) is 7.31. The van der Waals surface area contributed by atoms with Gasteiger partial charge in [0.05, 0.1) is 6.04 Å². The van der Waals surface area contributed by atoms with Crippen molar-refractivity contribution in [2.45, 2.75) is 52.5 Å². The molecule has 1 atom stereocenters. The van der Waals surface area contributed by atoms with Gasteiger partial charge in [0.15, 0.2) is 0 Å². The molecule has 0 fully saturated rings. The van der Waals surface area contributed by atoms with Crippen LogP contribution in [0.2, 0.25) is 0 Å². The molecule has 0 radical (unpaired) electrons. The van der Waals surface area contributed by atoms with Crippen molar-refractivity contribution in [2.24, 2.45) is 0 Å². The van der Waals surface area contributed by atoms with Crippen molar-refractivity contribution in [1.29, 1.82) is 0 Å². The van der Waals surface area contributed by atoms with Crippen LogP contribution in [-0.2, 0) is 5.41 Å². The Morgan fingerprint density at radius 2 is 1.70 bits per heavy atom. The molecule has 0 aliphatic rings. The molecule has 1 N–H and O–H groups in total. The summed E-state index contributed by atoms with van der Waals surface area (Å²) in [7, 11) is 0. The summed E-state index contributed by atoms with van der Waals surface area (Å²) in [5.41, 5.74) is 0.240. The maximum Gasteiger partial charge on any atom is 0.0765 e. The minimum atomic E-state index is 0.240. The third-order valence-electron chi connectivity index (χ3n) is 3.29. The van der Waals surface area contributed by atoms with Gasteiger partial charge in [-0.15, -0.1) is 22.7 Å². The van der Waals surface area contributed by atoms with E-state index < -0.39 is 0 Å². The molecule has 2 heterocycles. The molecule has 0 aromatic carbocycles. The number of nitrogens with one attached hydrogen (secondary N) is 1. The van der Waals surface area contributed by atoms with Gasteiger partial charge in [0.2, 0.25) is 0 Å². The van der Waals surface area contributed by atoms with E-state index in [-0.39, 0.29) is 5.41 Å². The minimum Gasteiger partial charge on any atom is -0.305 e. The molecule has 0 aliphatic carbocycles. The molecular formula is C17H25NS2. The average Bonchev–Trinajstić information content (AvgIpc) is 2.99. The minimum absolute atomic E-state index is 0.240. The van der Waals surface area contributed by atoms with Crippen LogP contribution in [0.4, 0.5) is 0 Å². The second kappa shape index (κ2) is 6.42. The van der Waals surface area contributed by atoms with Gasteiger partial charge in [-0.25, -0.2) is 0 Å². The van der Waals surface area contributed by atoms with Crippen molar-refractivity contribution in [1.82, 2.24) is 5.32 Å². The average molecular weight is 308 g/mol. The van der Waals surface area contributed by atoms with Crippen LogP contribution < -0.4 is 5.32 Å². The fourth-order valence-electron chi connectivity index (χ4n) is 2.15. The van der Waals surface area contributed by atoms with Crippen molar-refractivity contribution in [3.05, 3.63) is 43.8 Å². The van der Waals surface area contributed by atoms with Gasteiger partial charge < -0.3 is 5.32 Å². The van der Waals surface area contributed by atoms with Crippen LogP contribution in [0, 0.1) is 6.92 Å². The highest BCUT2D eigenvalue weighted by Crippen LogP contribution is 2.36. The molecule has 0 spiro atoms. The molecule has 0 saturated heterocycles. The standard InChI is InChI=1S/C17H25NS2/c1-6-11-18-16(13-8-7-12(2)19-13)14-9-10-15(20-14)17(3,4)5/h7-10,16,18H,6,11H2,1-5H3. The molecule has 2 aromatic heterocycles. The lowest BCUT2D eigenvalue weighted by atomic mass is 9.95. The summed E-state index contributed by atoms with van der Waals surface area (Å²) >= 11 is 3.85. The predicted octanol–water partition coefficient (Wildman–Crippen LogP) is 5.50. The van der Waals surface area contributed by atoms with E-state index in [1.165, 1.54) is 25.9 Å². The fourth-order valence-corrected chi connectivity index (χ4v) is 4.36. The van der Waals surface area contributed by atoms with Crippen molar-refractivity contribution < 1.29 is 0 Å². The number of hydrogen-bond acceptors (Lipinski definition) is 3. The lowest BCUT2D eigenvalue weighted by molar-refractivity contribution is 0.603. The summed E-state index contributed by atoms with van der Waals surface area (Å²) in [5.74, 6) is 0. The molecule has 20 heavy (non-hydrogen) atoms. The summed E-state index contributed by atoms with van der Waals surface area (Å²) in [6.07, 6.45) is 1.17. The van der Waals surface area contributed by atoms with E-state index in [0.717, 1.165) is 6.54 Å². The van der Waals surface area contributed by atoms with E-state index in [2.05, 4.69) is 64.2 Å². The Kier molecular flexibility index (Phi) is 5.05. The molecule has 1 nitrogen and oxygen atoms in total. The van der Waals surface area contributed by atoms with E-state index >= 15 is 0 Å². The van der Waals surface area contributed by atoms with Crippen molar-refractivity contribution >= 4 is 22.7 Å². The second-order valence-electron chi connectivity index (χ2n) is 6.29. The Labute approximate surface area is 131 Å². The molecule has 0 aliphatic heterocycles. The first-order chi connectivity index (χ1) is 9.41. The molecule has 110 valence electrons. The summed E-state index contributed by atoms with van der Waals surface area (Å²) in [4.78, 5) is 5.71. The third kappa shape index (κ3) is 3.72. The van der Waals surface area contributed by atoms with Crippen LogP contribution in [0.5, 0.6) is 0 Å². The van der Waals surface area contributed by atoms with Crippen molar-refractivity contribution in [3.8, 4) is 0 Å². The molecule has 0 amide bonds. The Hall–Kier alpha value is -0.640. The summed E-state index contributed by atoms with van der Waals surface area (Å²) in [5, 5.41) is 3.70. The highest BCUT2D eigenvalue weighted by Gasteiger charge is 2.21. The largest absolute Gasteiger partial charge is 0.305 e. The second-order valence-corrected chi connectivity index (χ2v) is 8.72. The monoisotopic (exact) mass is 307 g/mol. The number of rotatable bonds is 5. The molecule has 0 bridgehead atoms.